The molecule has 152 valence electrons. The molecule has 1 aliphatic rings. The van der Waals surface area contributed by atoms with Gasteiger partial charge in [0, 0.05) is 0 Å². The van der Waals surface area contributed by atoms with Gasteiger partial charge < -0.3 is 0 Å². The van der Waals surface area contributed by atoms with E-state index in [0.717, 1.165) is 6.42 Å². The first-order valence-corrected chi connectivity index (χ1v) is 24.8. The molecule has 0 amide bonds. The Hall–Kier alpha value is 0.133. The fourth-order valence-corrected chi connectivity index (χ4v) is 4.08. The van der Waals surface area contributed by atoms with E-state index in [1.807, 2.05) is 0 Å². The van der Waals surface area contributed by atoms with Crippen molar-refractivity contribution < 1.29 is 14.9 Å². The van der Waals surface area contributed by atoms with Crippen molar-refractivity contribution in [2.24, 2.45) is 0 Å². The van der Waals surface area contributed by atoms with Crippen molar-refractivity contribution in [1.82, 2.24) is 0 Å². The van der Waals surface area contributed by atoms with E-state index in [2.05, 4.69) is 120 Å². The van der Waals surface area contributed by atoms with Gasteiger partial charge in [0.05, 0.1) is 0 Å². The monoisotopic (exact) mass is 686 g/mol. The van der Waals surface area contributed by atoms with Crippen LogP contribution >= 0.6 is 36.1 Å². The maximum absolute atomic E-state index is 3.46. The molecule has 0 unspecified atom stereocenters. The molecule has 1 aliphatic carbocycles. The SMILES string of the molecule is CC1=[C-]c2c(ccc3ccccc23)C1.CCCc1c(C)c(C)c(C)[c-]1C.[I][Zr+2][I]. The van der Waals surface area contributed by atoms with E-state index < -0.39 is 0 Å². The number of hydrogen-bond donors (Lipinski definition) is 0. The Morgan fingerprint density at radius 2 is 1.66 bits per heavy atom. The predicted molar refractivity (Wildman–Crippen MR) is 142 cm³/mol. The summed E-state index contributed by atoms with van der Waals surface area (Å²) in [7, 11) is 0. The van der Waals surface area contributed by atoms with Crippen molar-refractivity contribution in [2.45, 2.75) is 60.8 Å². The zero-order valence-corrected chi connectivity index (χ0v) is 25.1. The van der Waals surface area contributed by atoms with E-state index in [9.17, 15) is 0 Å². The summed E-state index contributed by atoms with van der Waals surface area (Å²) in [5, 5.41) is 2.65. The van der Waals surface area contributed by atoms with Crippen LogP contribution in [0.3, 0.4) is 0 Å². The summed E-state index contributed by atoms with van der Waals surface area (Å²) in [6.45, 7) is 13.4. The summed E-state index contributed by atoms with van der Waals surface area (Å²) >= 11 is 5.06. The molecule has 0 heterocycles. The molecule has 0 saturated carbocycles. The Labute approximate surface area is 207 Å². The first kappa shape index (κ1) is 25.4. The summed E-state index contributed by atoms with van der Waals surface area (Å²) in [6, 6.07) is 12.9. The molecule has 0 spiro atoms. The van der Waals surface area contributed by atoms with Crippen LogP contribution in [0.25, 0.3) is 10.8 Å². The fourth-order valence-electron chi connectivity index (χ4n) is 4.08. The number of hydrogen-bond acceptors (Lipinski definition) is 0. The van der Waals surface area contributed by atoms with Crippen LogP contribution in [0.15, 0.2) is 42.0 Å². The van der Waals surface area contributed by atoms with Crippen molar-refractivity contribution in [3.63, 3.8) is 0 Å². The van der Waals surface area contributed by atoms with Gasteiger partial charge in [0.15, 0.2) is 0 Å². The number of rotatable bonds is 2. The first-order valence-electron chi connectivity index (χ1n) is 10.1. The summed E-state index contributed by atoms with van der Waals surface area (Å²) in [5.74, 6) is 0. The Bertz CT molecular complexity index is 970. The van der Waals surface area contributed by atoms with Gasteiger partial charge in [-0.15, -0.1) is 28.7 Å². The first-order chi connectivity index (χ1) is 13.8. The number of fused-ring (bicyclic) bond motifs is 3. The molecule has 29 heavy (non-hydrogen) atoms. The molecule has 3 heteroatoms. The molecule has 0 aromatic heterocycles. The third-order valence-corrected chi connectivity index (χ3v) is 5.90. The third-order valence-electron chi connectivity index (χ3n) is 5.90. The number of benzene rings is 2. The molecule has 0 nitrogen and oxygen atoms in total. The van der Waals surface area contributed by atoms with Crippen molar-refractivity contribution in [3.05, 3.63) is 87.0 Å². The van der Waals surface area contributed by atoms with Crippen LogP contribution in [-0.4, -0.2) is 0 Å². The second-order valence-electron chi connectivity index (χ2n) is 7.70. The van der Waals surface area contributed by atoms with Gasteiger partial charge >= 0.3 is 50.9 Å². The predicted octanol–water partition coefficient (Wildman–Crippen LogP) is 8.85. The van der Waals surface area contributed by atoms with Gasteiger partial charge in [-0.2, -0.15) is 39.5 Å². The second-order valence-corrected chi connectivity index (χ2v) is 26.6. The van der Waals surface area contributed by atoms with Gasteiger partial charge in [-0.05, 0) is 0 Å². The minimum atomic E-state index is 0.170. The standard InChI is InChI=1S/C14H11.C12H19.2HI.Zr/c1-10-8-12-7-6-11-4-2-3-5-13(11)14(12)9-10;1-6-7-12-10(4)8(2)9(3)11(12)5;;;/h2-7H,8H2,1H3;6-7H2,1-5H3;2*1H;/q2*-1;;;+4/p-2. The molecule has 3 aromatic rings. The van der Waals surface area contributed by atoms with E-state index in [-0.39, 0.29) is 14.9 Å². The number of allylic oxidation sites excluding steroid dienone is 1. The molecule has 3 aromatic carbocycles. The molecule has 0 radical (unpaired) electrons. The van der Waals surface area contributed by atoms with Gasteiger partial charge in [0.2, 0.25) is 0 Å². The van der Waals surface area contributed by atoms with Crippen LogP contribution in [0.2, 0.25) is 0 Å². The van der Waals surface area contributed by atoms with Gasteiger partial charge in [0.25, 0.3) is 0 Å². The second kappa shape index (κ2) is 12.2. The summed E-state index contributed by atoms with van der Waals surface area (Å²) in [6.07, 6.45) is 7.02. The van der Waals surface area contributed by atoms with Crippen LogP contribution in [0, 0.1) is 33.8 Å². The summed E-state index contributed by atoms with van der Waals surface area (Å²) in [4.78, 5) is 0. The Morgan fingerprint density at radius 3 is 2.24 bits per heavy atom. The third kappa shape index (κ3) is 6.32. The average molecular weight is 688 g/mol. The van der Waals surface area contributed by atoms with Gasteiger partial charge in [-0.1, -0.05) is 90.5 Å². The fraction of sp³-hybridized carbons (Fsp3) is 0.346. The van der Waals surface area contributed by atoms with Crippen molar-refractivity contribution in [3.8, 4) is 0 Å². The average Bonchev–Trinajstić information content (AvgIpc) is 3.18. The van der Waals surface area contributed by atoms with Crippen LogP contribution in [0.1, 0.15) is 59.2 Å². The topological polar surface area (TPSA) is 0 Å². The Balaban J connectivity index is 0.000000185. The van der Waals surface area contributed by atoms with Crippen LogP contribution in [0.5, 0.6) is 0 Å². The van der Waals surface area contributed by atoms with Crippen molar-refractivity contribution >= 4 is 46.9 Å². The number of halogens is 2. The van der Waals surface area contributed by atoms with Crippen LogP contribution < -0.4 is 0 Å². The van der Waals surface area contributed by atoms with E-state index in [0.29, 0.717) is 0 Å². The maximum atomic E-state index is 3.46. The molecule has 0 saturated heterocycles. The Morgan fingerprint density at radius 1 is 1.00 bits per heavy atom. The normalized spacial score (nSPS) is 11.7. The minimum absolute atomic E-state index is 0.170. The molecule has 0 N–H and O–H groups in total. The molecule has 0 fully saturated rings. The van der Waals surface area contributed by atoms with E-state index >= 15 is 0 Å². The van der Waals surface area contributed by atoms with Gasteiger partial charge in [0.1, 0.15) is 0 Å². The van der Waals surface area contributed by atoms with E-state index in [4.69, 9.17) is 0 Å². The molecular formula is C26H30I2Zr. The van der Waals surface area contributed by atoms with Crippen LogP contribution in [-0.2, 0) is 27.7 Å². The van der Waals surface area contributed by atoms with Crippen molar-refractivity contribution in [2.75, 3.05) is 0 Å². The molecule has 4 rings (SSSR count). The van der Waals surface area contributed by atoms with Crippen molar-refractivity contribution in [1.29, 1.82) is 0 Å². The van der Waals surface area contributed by atoms with E-state index in [1.165, 1.54) is 62.6 Å². The zero-order chi connectivity index (χ0) is 21.6. The van der Waals surface area contributed by atoms with Crippen LogP contribution in [0.4, 0.5) is 0 Å². The molecular weight excluding hydrogens is 657 g/mol. The Kier molecular flexibility index (Phi) is 10.7. The summed E-state index contributed by atoms with van der Waals surface area (Å²) in [5.41, 5.74) is 11.7. The van der Waals surface area contributed by atoms with E-state index in [1.54, 1.807) is 5.56 Å². The summed E-state index contributed by atoms with van der Waals surface area (Å²) < 4.78 is 0. The van der Waals surface area contributed by atoms with Gasteiger partial charge in [-0.3, -0.25) is 0 Å². The van der Waals surface area contributed by atoms with Gasteiger partial charge in [-0.25, -0.2) is 0 Å². The molecule has 0 atom stereocenters. The zero-order valence-electron chi connectivity index (χ0n) is 18.3. The molecule has 0 bridgehead atoms. The molecule has 0 aliphatic heterocycles. The quantitative estimate of drug-likeness (QED) is 0.187.